The minimum atomic E-state index is 0.922. The smallest absolute Gasteiger partial charge is 0.0848 e. The van der Waals surface area contributed by atoms with Crippen molar-refractivity contribution in [3.63, 3.8) is 0 Å². The zero-order chi connectivity index (χ0) is 43.0. The molecule has 2 rings (SSSR count). The lowest BCUT2D eigenvalue weighted by Crippen LogP contribution is -2.12. The molecule has 0 N–H and O–H groups in total. The van der Waals surface area contributed by atoms with Gasteiger partial charge in [-0.25, -0.2) is 4.99 Å². The lowest BCUT2D eigenvalue weighted by molar-refractivity contribution is 0.550. The van der Waals surface area contributed by atoms with Crippen molar-refractivity contribution >= 4 is 22.8 Å². The van der Waals surface area contributed by atoms with Crippen molar-refractivity contribution < 1.29 is 0 Å². The molecule has 0 spiro atoms. The molecule has 2 heteroatoms. The molecule has 0 saturated carbocycles. The van der Waals surface area contributed by atoms with Crippen molar-refractivity contribution in [2.45, 2.75) is 259 Å². The van der Waals surface area contributed by atoms with E-state index in [-0.39, 0.29) is 0 Å². The maximum Gasteiger partial charge on any atom is 0.0848 e. The normalized spacial score (nSPS) is 12.1. The standard InChI is InChI=1S/C58H94N2/c1-6-11-16-18-20-22-24-26-28-30-32-34-38-41-52-42-40-45-55(50-52)59-57(46-15-10-5)58(47-39-35-33-31-29-27-25-23-21-19-17-12-7-2)60-56-49-48-53(43-36-13-8-3)54(51-56)44-37-14-9-4/h39-40,42,45,47-51H,6-37,43-44,46H2,1-5H3. The number of benzene rings is 2. The molecule has 336 valence electrons. The second-order valence-corrected chi connectivity index (χ2v) is 17.9. The summed E-state index contributed by atoms with van der Waals surface area (Å²) in [5, 5.41) is 0. The van der Waals surface area contributed by atoms with Crippen molar-refractivity contribution in [2.24, 2.45) is 9.98 Å². The zero-order valence-corrected chi connectivity index (χ0v) is 40.3. The number of aryl methyl sites for hydroxylation is 2. The molecule has 0 atom stereocenters. The summed E-state index contributed by atoms with van der Waals surface area (Å²) in [6.07, 6.45) is 50.0. The molecule has 2 aromatic rings. The van der Waals surface area contributed by atoms with E-state index in [1.54, 1.807) is 0 Å². The van der Waals surface area contributed by atoms with Crippen LogP contribution in [-0.2, 0) is 12.8 Å². The lowest BCUT2D eigenvalue weighted by Gasteiger charge is -2.12. The molecule has 0 unspecified atom stereocenters. The quantitative estimate of drug-likeness (QED) is 0.0366. The van der Waals surface area contributed by atoms with Gasteiger partial charge in [-0.15, -0.1) is 0 Å². The summed E-state index contributed by atoms with van der Waals surface area (Å²) in [6.45, 7) is 11.5. The second-order valence-electron chi connectivity index (χ2n) is 17.9. The third kappa shape index (κ3) is 27.8. The highest BCUT2D eigenvalue weighted by molar-refractivity contribution is 6.47. The highest BCUT2D eigenvalue weighted by atomic mass is 14.8. The summed E-state index contributed by atoms with van der Waals surface area (Å²) in [6, 6.07) is 15.6. The Morgan fingerprint density at radius 3 is 1.55 bits per heavy atom. The Morgan fingerprint density at radius 1 is 0.467 bits per heavy atom. The first-order valence-electron chi connectivity index (χ1n) is 26.2. The van der Waals surface area contributed by atoms with Crippen LogP contribution in [0.15, 0.2) is 64.6 Å². The van der Waals surface area contributed by atoms with Gasteiger partial charge in [-0.2, -0.15) is 0 Å². The summed E-state index contributed by atoms with van der Waals surface area (Å²) in [7, 11) is 0. The molecule has 0 bridgehead atoms. The second kappa shape index (κ2) is 39.0. The SMILES string of the molecule is CCCCCCCCCCCCCC#Cc1cccc(N=C(CCCC)C(C=CCCCCCCCCCCCCC)=Nc2ccc(CCCCC)c(CCCCC)c2)c1. The molecular formula is C58H94N2. The molecule has 0 aliphatic heterocycles. The van der Waals surface area contributed by atoms with Gasteiger partial charge in [0.05, 0.1) is 22.8 Å². The van der Waals surface area contributed by atoms with Gasteiger partial charge in [-0.1, -0.05) is 225 Å². The molecule has 0 aliphatic carbocycles. The molecule has 0 fully saturated rings. The van der Waals surface area contributed by atoms with Crippen LogP contribution in [0.3, 0.4) is 0 Å². The Balaban J connectivity index is 2.20. The average Bonchev–Trinajstić information content (AvgIpc) is 3.26. The van der Waals surface area contributed by atoms with E-state index in [4.69, 9.17) is 9.98 Å². The predicted octanol–water partition coefficient (Wildman–Crippen LogP) is 19.5. The number of hydrogen-bond donors (Lipinski definition) is 0. The van der Waals surface area contributed by atoms with Gasteiger partial charge in [0.1, 0.15) is 0 Å². The van der Waals surface area contributed by atoms with Crippen LogP contribution in [0, 0.1) is 11.8 Å². The molecule has 0 heterocycles. The van der Waals surface area contributed by atoms with Gasteiger partial charge in [0, 0.05) is 12.0 Å². The monoisotopic (exact) mass is 819 g/mol. The first-order chi connectivity index (χ1) is 29.6. The molecule has 0 saturated heterocycles. The summed E-state index contributed by atoms with van der Waals surface area (Å²) in [5.74, 6) is 6.95. The summed E-state index contributed by atoms with van der Waals surface area (Å²) in [5.41, 5.74) is 8.26. The van der Waals surface area contributed by atoms with Crippen molar-refractivity contribution in [3.05, 3.63) is 71.3 Å². The summed E-state index contributed by atoms with van der Waals surface area (Å²) >= 11 is 0. The third-order valence-corrected chi connectivity index (χ3v) is 12.1. The van der Waals surface area contributed by atoms with Crippen LogP contribution in [0.5, 0.6) is 0 Å². The van der Waals surface area contributed by atoms with E-state index in [0.717, 1.165) is 66.9 Å². The van der Waals surface area contributed by atoms with Crippen LogP contribution in [0.1, 0.15) is 263 Å². The van der Waals surface area contributed by atoms with Gasteiger partial charge in [0.25, 0.3) is 0 Å². The van der Waals surface area contributed by atoms with E-state index in [1.807, 2.05) is 0 Å². The molecular weight excluding hydrogens is 725 g/mol. The van der Waals surface area contributed by atoms with Crippen molar-refractivity contribution in [2.75, 3.05) is 0 Å². The van der Waals surface area contributed by atoms with E-state index in [0.29, 0.717) is 0 Å². The Morgan fingerprint density at radius 2 is 0.967 bits per heavy atom. The van der Waals surface area contributed by atoms with E-state index in [9.17, 15) is 0 Å². The number of allylic oxidation sites excluding steroid dienone is 2. The zero-order valence-electron chi connectivity index (χ0n) is 40.3. The van der Waals surface area contributed by atoms with Gasteiger partial charge in [0.15, 0.2) is 0 Å². The van der Waals surface area contributed by atoms with Gasteiger partial charge in [-0.05, 0) is 105 Å². The molecule has 0 amide bonds. The summed E-state index contributed by atoms with van der Waals surface area (Å²) in [4.78, 5) is 10.8. The maximum absolute atomic E-state index is 5.44. The molecule has 0 radical (unpaired) electrons. The fourth-order valence-corrected chi connectivity index (χ4v) is 8.18. The Kier molecular flexibility index (Phi) is 34.6. The minimum absolute atomic E-state index is 0.922. The number of nitrogens with zero attached hydrogens (tertiary/aromatic N) is 2. The van der Waals surface area contributed by atoms with Crippen LogP contribution in [0.25, 0.3) is 0 Å². The van der Waals surface area contributed by atoms with Gasteiger partial charge < -0.3 is 0 Å². The largest absolute Gasteiger partial charge is 0.251 e. The molecule has 0 aliphatic rings. The molecule has 2 nitrogen and oxygen atoms in total. The van der Waals surface area contributed by atoms with Crippen molar-refractivity contribution in [3.8, 4) is 11.8 Å². The lowest BCUT2D eigenvalue weighted by atomic mass is 9.96. The van der Waals surface area contributed by atoms with Gasteiger partial charge in [0.2, 0.25) is 0 Å². The topological polar surface area (TPSA) is 24.7 Å². The Bertz CT molecular complexity index is 1460. The van der Waals surface area contributed by atoms with E-state index in [1.165, 1.54) is 197 Å². The number of unbranched alkanes of at least 4 members (excludes halogenated alkanes) is 27. The molecule has 60 heavy (non-hydrogen) atoms. The fraction of sp³-hybridized carbons (Fsp3) is 0.690. The van der Waals surface area contributed by atoms with E-state index in [2.05, 4.69) is 101 Å². The van der Waals surface area contributed by atoms with E-state index >= 15 is 0 Å². The number of hydrogen-bond acceptors (Lipinski definition) is 2. The number of aliphatic imine (C=N–C) groups is 2. The molecule has 0 aromatic heterocycles. The molecule has 2 aromatic carbocycles. The summed E-state index contributed by atoms with van der Waals surface area (Å²) < 4.78 is 0. The van der Waals surface area contributed by atoms with Crippen LogP contribution >= 0.6 is 0 Å². The Labute approximate surface area is 373 Å². The van der Waals surface area contributed by atoms with Crippen LogP contribution < -0.4 is 0 Å². The number of rotatable bonds is 38. The van der Waals surface area contributed by atoms with E-state index < -0.39 is 0 Å². The predicted molar refractivity (Wildman–Crippen MR) is 271 cm³/mol. The van der Waals surface area contributed by atoms with Gasteiger partial charge in [-0.3, -0.25) is 4.99 Å². The average molecular weight is 819 g/mol. The third-order valence-electron chi connectivity index (χ3n) is 12.1. The van der Waals surface area contributed by atoms with Crippen molar-refractivity contribution in [1.29, 1.82) is 0 Å². The highest BCUT2D eigenvalue weighted by Gasteiger charge is 2.10. The first kappa shape index (κ1) is 53.2. The van der Waals surface area contributed by atoms with Crippen molar-refractivity contribution in [1.82, 2.24) is 0 Å². The Hall–Kier alpha value is -2.92. The van der Waals surface area contributed by atoms with Gasteiger partial charge >= 0.3 is 0 Å². The first-order valence-corrected chi connectivity index (χ1v) is 26.2. The van der Waals surface area contributed by atoms with Crippen LogP contribution in [0.4, 0.5) is 11.4 Å². The highest BCUT2D eigenvalue weighted by Crippen LogP contribution is 2.25. The maximum atomic E-state index is 5.44. The van der Waals surface area contributed by atoms with Crippen LogP contribution in [-0.4, -0.2) is 11.4 Å². The van der Waals surface area contributed by atoms with Crippen LogP contribution in [0.2, 0.25) is 0 Å². The fourth-order valence-electron chi connectivity index (χ4n) is 8.18. The minimum Gasteiger partial charge on any atom is -0.251 e.